The predicted octanol–water partition coefficient (Wildman–Crippen LogP) is 4.21. The number of hydrogen-bond donors (Lipinski definition) is 2. The monoisotopic (exact) mass is 528 g/mol. The Morgan fingerprint density at radius 2 is 2.00 bits per heavy atom. The number of halogens is 1. The predicted molar refractivity (Wildman–Crippen MR) is 145 cm³/mol. The van der Waals surface area contributed by atoms with Crippen LogP contribution in [0.3, 0.4) is 0 Å². The quantitative estimate of drug-likeness (QED) is 0.448. The molecule has 0 bridgehead atoms. The number of nitrogens with one attached hydrogen (secondary N) is 1. The molecule has 0 aromatic heterocycles. The lowest BCUT2D eigenvalue weighted by Gasteiger charge is -2.36. The molecular weight excluding hydrogens is 487 g/mol. The van der Waals surface area contributed by atoms with E-state index >= 15 is 0 Å². The molecule has 2 aromatic rings. The molecule has 1 aliphatic carbocycles. The highest BCUT2D eigenvalue weighted by atomic mass is 19.1. The van der Waals surface area contributed by atoms with E-state index < -0.39 is 12.3 Å². The molecule has 2 aromatic carbocycles. The van der Waals surface area contributed by atoms with Crippen molar-refractivity contribution >= 4 is 5.69 Å². The highest BCUT2D eigenvalue weighted by Gasteiger charge is 2.34. The van der Waals surface area contributed by atoms with Crippen molar-refractivity contribution in [1.82, 2.24) is 5.32 Å². The first kappa shape index (κ1) is 27.2. The van der Waals surface area contributed by atoms with Gasteiger partial charge in [0.1, 0.15) is 30.4 Å². The van der Waals surface area contributed by atoms with Gasteiger partial charge in [-0.15, -0.1) is 0 Å². The van der Waals surface area contributed by atoms with Crippen LogP contribution < -0.4 is 19.7 Å². The number of piperidine rings is 1. The maximum atomic E-state index is 13.7. The van der Waals surface area contributed by atoms with Crippen molar-refractivity contribution in [2.24, 2.45) is 0 Å². The number of rotatable bonds is 10. The Kier molecular flexibility index (Phi) is 9.38. The van der Waals surface area contributed by atoms with Gasteiger partial charge in [-0.25, -0.2) is 4.39 Å². The molecule has 7 nitrogen and oxygen atoms in total. The van der Waals surface area contributed by atoms with Crippen LogP contribution in [-0.4, -0.2) is 76.1 Å². The largest absolute Gasteiger partial charge is 0.490 e. The van der Waals surface area contributed by atoms with Crippen molar-refractivity contribution in [2.75, 3.05) is 51.4 Å². The number of methoxy groups -OCH3 is 1. The third-order valence-electron chi connectivity index (χ3n) is 7.87. The van der Waals surface area contributed by atoms with Gasteiger partial charge < -0.3 is 34.3 Å². The van der Waals surface area contributed by atoms with Crippen molar-refractivity contribution in [3.63, 3.8) is 0 Å². The second kappa shape index (κ2) is 13.1. The molecule has 0 radical (unpaired) electrons. The molecule has 1 saturated carbocycles. The van der Waals surface area contributed by atoms with Crippen LogP contribution in [0.25, 0.3) is 0 Å². The molecule has 5 rings (SSSR count). The minimum atomic E-state index is -0.766. The summed E-state index contributed by atoms with van der Waals surface area (Å²) in [6.45, 7) is 4.83. The maximum Gasteiger partial charge on any atom is 0.142 e. The van der Waals surface area contributed by atoms with E-state index in [0.717, 1.165) is 67.3 Å². The summed E-state index contributed by atoms with van der Waals surface area (Å²) < 4.78 is 37.3. The Hall–Kier alpha value is -2.39. The Morgan fingerprint density at radius 3 is 2.82 bits per heavy atom. The van der Waals surface area contributed by atoms with Crippen molar-refractivity contribution in [3.8, 4) is 11.5 Å². The standard InChI is InChI=1S/C30H41FN2O5/c1-35-14-3-12-33-13-15-36-28-11-6-21(16-26(28)33)20-37-29-19-32-18-27(34)30(29)22-7-9-24(10-8-22)38-25-5-2-4-23(31)17-25/h6-11,16,23,25,27,29-30,32,34H,2-5,12-15,17-20H2,1H3/t23?,25?,27?,29?,30-/m0/s1. The Labute approximate surface area is 225 Å². The summed E-state index contributed by atoms with van der Waals surface area (Å²) in [7, 11) is 1.73. The zero-order valence-electron chi connectivity index (χ0n) is 22.3. The minimum absolute atomic E-state index is 0.0666. The molecule has 4 unspecified atom stereocenters. The lowest BCUT2D eigenvalue weighted by Crippen LogP contribution is -2.49. The zero-order chi connectivity index (χ0) is 26.3. The van der Waals surface area contributed by atoms with E-state index in [0.29, 0.717) is 39.1 Å². The summed E-state index contributed by atoms with van der Waals surface area (Å²) in [6, 6.07) is 14.1. The number of benzene rings is 2. The summed E-state index contributed by atoms with van der Waals surface area (Å²) >= 11 is 0. The van der Waals surface area contributed by atoms with Gasteiger partial charge in [0.25, 0.3) is 0 Å². The Bertz CT molecular complexity index is 1020. The van der Waals surface area contributed by atoms with E-state index in [4.69, 9.17) is 18.9 Å². The molecule has 2 fully saturated rings. The summed E-state index contributed by atoms with van der Waals surface area (Å²) in [6.07, 6.45) is 2.26. The van der Waals surface area contributed by atoms with Crippen LogP contribution in [0, 0.1) is 0 Å². The molecule has 0 spiro atoms. The van der Waals surface area contributed by atoms with Crippen molar-refractivity contribution in [3.05, 3.63) is 53.6 Å². The van der Waals surface area contributed by atoms with E-state index in [-0.39, 0.29) is 18.1 Å². The lowest BCUT2D eigenvalue weighted by molar-refractivity contribution is -0.0328. The van der Waals surface area contributed by atoms with Gasteiger partial charge in [-0.1, -0.05) is 18.2 Å². The first-order valence-corrected chi connectivity index (χ1v) is 14.0. The fraction of sp³-hybridized carbons (Fsp3) is 0.600. The normalized spacial score (nSPS) is 27.4. The molecule has 208 valence electrons. The number of fused-ring (bicyclic) bond motifs is 1. The zero-order valence-corrected chi connectivity index (χ0v) is 22.3. The van der Waals surface area contributed by atoms with Gasteiger partial charge >= 0.3 is 0 Å². The van der Waals surface area contributed by atoms with E-state index in [2.05, 4.69) is 22.3 Å². The van der Waals surface area contributed by atoms with Crippen LogP contribution in [-0.2, 0) is 16.1 Å². The van der Waals surface area contributed by atoms with Gasteiger partial charge in [0.2, 0.25) is 0 Å². The molecule has 2 N–H and O–H groups in total. The Balaban J connectivity index is 1.23. The maximum absolute atomic E-state index is 13.7. The molecular formula is C30H41FN2O5. The van der Waals surface area contributed by atoms with Crippen LogP contribution in [0.1, 0.15) is 49.1 Å². The third-order valence-corrected chi connectivity index (χ3v) is 7.87. The molecule has 8 heteroatoms. The number of alkyl halides is 1. The molecule has 2 aliphatic heterocycles. The molecule has 5 atom stereocenters. The topological polar surface area (TPSA) is 72.4 Å². The molecule has 2 heterocycles. The van der Waals surface area contributed by atoms with E-state index in [1.165, 1.54) is 0 Å². The van der Waals surface area contributed by atoms with Gasteiger partial charge in [0, 0.05) is 45.7 Å². The molecule has 0 amide bonds. The summed E-state index contributed by atoms with van der Waals surface area (Å²) in [5, 5.41) is 14.2. The van der Waals surface area contributed by atoms with Gasteiger partial charge in [-0.3, -0.25) is 0 Å². The number of hydrogen-bond acceptors (Lipinski definition) is 7. The second-order valence-electron chi connectivity index (χ2n) is 10.7. The van der Waals surface area contributed by atoms with Crippen LogP contribution in [0.15, 0.2) is 42.5 Å². The van der Waals surface area contributed by atoms with Crippen molar-refractivity contribution in [1.29, 1.82) is 0 Å². The fourth-order valence-corrected chi connectivity index (χ4v) is 5.87. The van der Waals surface area contributed by atoms with E-state index in [1.54, 1.807) is 7.11 Å². The smallest absolute Gasteiger partial charge is 0.142 e. The number of β-amino-alcohol motifs (C(OH)–C–C–N with tert-alkyl or cyclic N) is 1. The van der Waals surface area contributed by atoms with Crippen molar-refractivity contribution in [2.45, 2.75) is 69.1 Å². The summed E-state index contributed by atoms with van der Waals surface area (Å²) in [5.74, 6) is 1.50. The van der Waals surface area contributed by atoms with Gasteiger partial charge in [0.05, 0.1) is 31.0 Å². The lowest BCUT2D eigenvalue weighted by atomic mass is 9.85. The van der Waals surface area contributed by atoms with Crippen molar-refractivity contribution < 1.29 is 28.4 Å². The molecule has 3 aliphatic rings. The van der Waals surface area contributed by atoms with Crippen LogP contribution >= 0.6 is 0 Å². The highest BCUT2D eigenvalue weighted by Crippen LogP contribution is 2.35. The van der Waals surface area contributed by atoms with E-state index in [1.807, 2.05) is 30.3 Å². The molecule has 38 heavy (non-hydrogen) atoms. The minimum Gasteiger partial charge on any atom is -0.490 e. The van der Waals surface area contributed by atoms with Crippen LogP contribution in [0.2, 0.25) is 0 Å². The second-order valence-corrected chi connectivity index (χ2v) is 10.7. The van der Waals surface area contributed by atoms with Gasteiger partial charge in [-0.2, -0.15) is 0 Å². The number of aliphatic hydroxyl groups excluding tert-OH is 1. The number of anilines is 1. The highest BCUT2D eigenvalue weighted by molar-refractivity contribution is 5.61. The summed E-state index contributed by atoms with van der Waals surface area (Å²) in [5.41, 5.74) is 3.19. The Morgan fingerprint density at radius 1 is 1.13 bits per heavy atom. The SMILES string of the molecule is COCCCN1CCOc2ccc(COC3CNCC(O)[C@@H]3c3ccc(OC4CCCC(F)C4)cc3)cc21. The first-order chi connectivity index (χ1) is 18.6. The fourth-order valence-electron chi connectivity index (χ4n) is 5.87. The first-order valence-electron chi connectivity index (χ1n) is 14.0. The van der Waals surface area contributed by atoms with Gasteiger partial charge in [-0.05, 0) is 61.1 Å². The average molecular weight is 529 g/mol. The van der Waals surface area contributed by atoms with E-state index in [9.17, 15) is 9.50 Å². The summed E-state index contributed by atoms with van der Waals surface area (Å²) in [4.78, 5) is 2.35. The molecule has 1 saturated heterocycles. The number of nitrogens with zero attached hydrogens (tertiary/aromatic N) is 1. The van der Waals surface area contributed by atoms with Crippen LogP contribution in [0.4, 0.5) is 10.1 Å². The third kappa shape index (κ3) is 6.78. The van der Waals surface area contributed by atoms with Gasteiger partial charge in [0.15, 0.2) is 0 Å². The number of ether oxygens (including phenoxy) is 4. The average Bonchev–Trinajstić information content (AvgIpc) is 2.93. The van der Waals surface area contributed by atoms with Crippen LogP contribution in [0.5, 0.6) is 11.5 Å². The number of aliphatic hydroxyl groups is 1.